The molecule has 0 bridgehead atoms. The molecule has 1 fully saturated rings. The largest absolute Gasteiger partial charge is 0.372 e. The molecule has 0 amide bonds. The Morgan fingerprint density at radius 1 is 1.07 bits per heavy atom. The molecule has 1 saturated heterocycles. The normalized spacial score (nSPS) is 18.5. The SMILES string of the molecule is Cc1ccc2c(c1C)-n1cccc1C1(CCN(S(=O)(=O)c3cccs3)CC1)N2. The fourth-order valence-corrected chi connectivity index (χ4v) is 7.11. The van der Waals surface area contributed by atoms with Crippen molar-refractivity contribution in [3.8, 4) is 5.69 Å². The first-order valence-electron chi connectivity index (χ1n) is 9.53. The van der Waals surface area contributed by atoms with Gasteiger partial charge in [0.2, 0.25) is 0 Å². The minimum absolute atomic E-state index is 0.236. The van der Waals surface area contributed by atoms with Crippen molar-refractivity contribution in [3.05, 3.63) is 64.8 Å². The molecule has 2 aliphatic heterocycles. The van der Waals surface area contributed by atoms with Crippen LogP contribution in [-0.4, -0.2) is 30.4 Å². The summed E-state index contributed by atoms with van der Waals surface area (Å²) < 4.78 is 30.2. The minimum atomic E-state index is -3.39. The third-order valence-corrected chi connectivity index (χ3v) is 9.49. The molecule has 1 aromatic carbocycles. The fourth-order valence-electron chi connectivity index (χ4n) is 4.53. The fraction of sp³-hybridized carbons (Fsp3) is 0.333. The summed E-state index contributed by atoms with van der Waals surface area (Å²) in [5.74, 6) is 0. The van der Waals surface area contributed by atoms with Crippen LogP contribution in [0, 0.1) is 13.8 Å². The molecule has 5 rings (SSSR count). The quantitative estimate of drug-likeness (QED) is 0.683. The van der Waals surface area contributed by atoms with Gasteiger partial charge in [0, 0.05) is 25.0 Å². The molecule has 146 valence electrons. The van der Waals surface area contributed by atoms with Gasteiger partial charge in [0.15, 0.2) is 0 Å². The Morgan fingerprint density at radius 3 is 2.57 bits per heavy atom. The van der Waals surface area contributed by atoms with Gasteiger partial charge in [0.05, 0.1) is 16.9 Å². The van der Waals surface area contributed by atoms with Crippen molar-refractivity contribution in [2.75, 3.05) is 18.4 Å². The maximum absolute atomic E-state index is 12.9. The van der Waals surface area contributed by atoms with Gasteiger partial charge in [-0.15, -0.1) is 11.3 Å². The van der Waals surface area contributed by atoms with E-state index in [-0.39, 0.29) is 5.54 Å². The highest BCUT2D eigenvalue weighted by Crippen LogP contribution is 2.45. The highest BCUT2D eigenvalue weighted by Gasteiger charge is 2.44. The molecule has 0 saturated carbocycles. The van der Waals surface area contributed by atoms with Gasteiger partial charge in [0.25, 0.3) is 10.0 Å². The van der Waals surface area contributed by atoms with Crippen molar-refractivity contribution >= 4 is 27.0 Å². The molecule has 1 N–H and O–H groups in total. The second-order valence-electron chi connectivity index (χ2n) is 7.71. The molecular formula is C21H23N3O2S2. The summed E-state index contributed by atoms with van der Waals surface area (Å²) in [6.45, 7) is 5.32. The summed E-state index contributed by atoms with van der Waals surface area (Å²) >= 11 is 1.28. The molecule has 0 aliphatic carbocycles. The molecule has 5 nitrogen and oxygen atoms in total. The van der Waals surface area contributed by atoms with Gasteiger partial charge in [0.1, 0.15) is 4.21 Å². The van der Waals surface area contributed by atoms with Crippen LogP contribution < -0.4 is 5.32 Å². The number of thiophene rings is 1. The van der Waals surface area contributed by atoms with Gasteiger partial charge in [-0.3, -0.25) is 0 Å². The van der Waals surface area contributed by atoms with E-state index in [0.717, 1.165) is 18.5 Å². The molecule has 0 radical (unpaired) electrons. The predicted octanol–water partition coefficient (Wildman–Crippen LogP) is 4.26. The number of aryl methyl sites for hydroxylation is 1. The number of rotatable bonds is 2. The summed E-state index contributed by atoms with van der Waals surface area (Å²) in [5, 5.41) is 5.60. The van der Waals surface area contributed by atoms with Crippen molar-refractivity contribution in [2.45, 2.75) is 36.4 Å². The van der Waals surface area contributed by atoms with Gasteiger partial charge >= 0.3 is 0 Å². The van der Waals surface area contributed by atoms with E-state index in [0.29, 0.717) is 17.3 Å². The van der Waals surface area contributed by atoms with Crippen molar-refractivity contribution in [2.24, 2.45) is 0 Å². The average molecular weight is 414 g/mol. The lowest BCUT2D eigenvalue weighted by atomic mass is 9.82. The number of anilines is 1. The number of nitrogens with one attached hydrogen (secondary N) is 1. The van der Waals surface area contributed by atoms with E-state index in [2.05, 4.69) is 54.2 Å². The Morgan fingerprint density at radius 2 is 1.86 bits per heavy atom. The highest BCUT2D eigenvalue weighted by molar-refractivity contribution is 7.91. The van der Waals surface area contributed by atoms with E-state index in [1.54, 1.807) is 16.4 Å². The molecular weight excluding hydrogens is 390 g/mol. The average Bonchev–Trinajstić information content (AvgIpc) is 3.38. The van der Waals surface area contributed by atoms with Gasteiger partial charge in [-0.1, -0.05) is 12.1 Å². The van der Waals surface area contributed by atoms with Crippen LogP contribution in [-0.2, 0) is 15.6 Å². The third kappa shape index (κ3) is 2.50. The number of fused-ring (bicyclic) bond motifs is 4. The first-order chi connectivity index (χ1) is 13.4. The lowest BCUT2D eigenvalue weighted by Gasteiger charge is -2.46. The first-order valence-corrected chi connectivity index (χ1v) is 11.8. The second kappa shape index (κ2) is 6.20. The third-order valence-electron chi connectivity index (χ3n) is 6.22. The summed E-state index contributed by atoms with van der Waals surface area (Å²) in [4.78, 5) is 0. The number of hydrogen-bond acceptors (Lipinski definition) is 4. The summed E-state index contributed by atoms with van der Waals surface area (Å²) in [6, 6.07) is 12.0. The summed E-state index contributed by atoms with van der Waals surface area (Å²) in [7, 11) is -3.39. The Labute approximate surface area is 169 Å². The zero-order valence-electron chi connectivity index (χ0n) is 16.0. The highest BCUT2D eigenvalue weighted by atomic mass is 32.2. The van der Waals surface area contributed by atoms with E-state index < -0.39 is 10.0 Å². The Hall–Kier alpha value is -2.09. The summed E-state index contributed by atoms with van der Waals surface area (Å²) in [5.41, 5.74) is 5.87. The zero-order valence-corrected chi connectivity index (χ0v) is 17.6. The van der Waals surface area contributed by atoms with E-state index >= 15 is 0 Å². The molecule has 1 spiro atoms. The maximum Gasteiger partial charge on any atom is 0.252 e. The molecule has 7 heteroatoms. The number of sulfonamides is 1. The number of hydrogen-bond donors (Lipinski definition) is 1. The van der Waals surface area contributed by atoms with E-state index in [1.807, 2.05) is 5.38 Å². The van der Waals surface area contributed by atoms with E-state index in [1.165, 1.54) is 33.8 Å². The van der Waals surface area contributed by atoms with Crippen LogP contribution in [0.15, 0.2) is 52.2 Å². The van der Waals surface area contributed by atoms with Crippen molar-refractivity contribution in [1.82, 2.24) is 8.87 Å². The number of aromatic nitrogens is 1. The van der Waals surface area contributed by atoms with Crippen LogP contribution in [0.5, 0.6) is 0 Å². The Kier molecular flexibility index (Phi) is 3.98. The smallest absolute Gasteiger partial charge is 0.252 e. The Balaban J connectivity index is 1.49. The van der Waals surface area contributed by atoms with Crippen LogP contribution in [0.2, 0.25) is 0 Å². The first kappa shape index (κ1) is 18.0. The number of benzene rings is 1. The second-order valence-corrected chi connectivity index (χ2v) is 10.8. The van der Waals surface area contributed by atoms with Gasteiger partial charge < -0.3 is 9.88 Å². The number of nitrogens with zero attached hydrogens (tertiary/aromatic N) is 2. The molecule has 0 unspecified atom stereocenters. The zero-order chi connectivity index (χ0) is 19.5. The monoisotopic (exact) mass is 413 g/mol. The molecule has 2 aliphatic rings. The van der Waals surface area contributed by atoms with Crippen molar-refractivity contribution < 1.29 is 8.42 Å². The maximum atomic E-state index is 12.9. The van der Waals surface area contributed by atoms with Crippen LogP contribution in [0.25, 0.3) is 5.69 Å². The molecule has 2 aromatic heterocycles. The van der Waals surface area contributed by atoms with Gasteiger partial charge in [-0.05, 0) is 67.5 Å². The molecule has 4 heterocycles. The molecule has 3 aromatic rings. The molecule has 28 heavy (non-hydrogen) atoms. The summed E-state index contributed by atoms with van der Waals surface area (Å²) in [6.07, 6.45) is 3.61. The molecule has 0 atom stereocenters. The van der Waals surface area contributed by atoms with Crippen LogP contribution >= 0.6 is 11.3 Å². The van der Waals surface area contributed by atoms with Gasteiger partial charge in [-0.25, -0.2) is 8.42 Å². The van der Waals surface area contributed by atoms with Crippen LogP contribution in [0.3, 0.4) is 0 Å². The topological polar surface area (TPSA) is 54.3 Å². The minimum Gasteiger partial charge on any atom is -0.372 e. The van der Waals surface area contributed by atoms with Crippen LogP contribution in [0.4, 0.5) is 5.69 Å². The van der Waals surface area contributed by atoms with Gasteiger partial charge in [-0.2, -0.15) is 4.31 Å². The van der Waals surface area contributed by atoms with E-state index in [4.69, 9.17) is 0 Å². The lowest BCUT2D eigenvalue weighted by Crippen LogP contribution is -2.51. The predicted molar refractivity (Wildman–Crippen MR) is 113 cm³/mol. The Bertz CT molecular complexity index is 1140. The lowest BCUT2D eigenvalue weighted by molar-refractivity contribution is 0.248. The van der Waals surface area contributed by atoms with Crippen molar-refractivity contribution in [1.29, 1.82) is 0 Å². The van der Waals surface area contributed by atoms with Crippen LogP contribution in [0.1, 0.15) is 29.7 Å². The van der Waals surface area contributed by atoms with E-state index in [9.17, 15) is 8.42 Å². The van der Waals surface area contributed by atoms with Crippen molar-refractivity contribution in [3.63, 3.8) is 0 Å². The standard InChI is InChI=1S/C21H23N3O2S2/c1-15-7-8-17-20(16(15)2)24-11-3-5-18(24)21(22-17)9-12-23(13-10-21)28(25,26)19-6-4-14-27-19/h3-8,11,14,22H,9-10,12-13H2,1-2H3. The number of piperidine rings is 1.